The van der Waals surface area contributed by atoms with Gasteiger partial charge in [0.1, 0.15) is 0 Å². The van der Waals surface area contributed by atoms with Gasteiger partial charge in [0.2, 0.25) is 10.0 Å². The third kappa shape index (κ3) is 3.85. The molecule has 136 valence electrons. The Morgan fingerprint density at radius 3 is 2.64 bits per heavy atom. The number of carbonyl (C=O) groups is 1. The Bertz CT molecular complexity index is 925. The molecule has 2 heterocycles. The number of hydrogen-bond acceptors (Lipinski definition) is 5. The van der Waals surface area contributed by atoms with Crippen LogP contribution in [0, 0.1) is 0 Å². The number of amides is 1. The molecule has 1 fully saturated rings. The molecule has 1 amide bonds. The van der Waals surface area contributed by atoms with Gasteiger partial charge in [-0.3, -0.25) is 0 Å². The Hall–Kier alpha value is -2.33. The maximum absolute atomic E-state index is 12.6. The summed E-state index contributed by atoms with van der Waals surface area (Å²) in [4.78, 5) is 29.7. The number of H-pyrrole nitrogens is 2. The minimum atomic E-state index is -3.71. The van der Waals surface area contributed by atoms with Crippen LogP contribution in [0.5, 0.6) is 0 Å². The zero-order valence-corrected chi connectivity index (χ0v) is 14.6. The number of carbonyl (C=O) groups excluding carboxylic acids is 1. The molecule has 1 aliphatic rings. The quantitative estimate of drug-likeness (QED) is 0.735. The third-order valence-electron chi connectivity index (χ3n) is 4.14. The Kier molecular flexibility index (Phi) is 4.82. The van der Waals surface area contributed by atoms with E-state index in [-0.39, 0.29) is 22.7 Å². The largest absolute Gasteiger partial charge is 0.450 e. The number of nitrogens with zero attached hydrogens (tertiary/aromatic N) is 1. The van der Waals surface area contributed by atoms with E-state index >= 15 is 0 Å². The number of sulfonamides is 1. The highest BCUT2D eigenvalue weighted by atomic mass is 32.2. The number of imidazole rings is 1. The van der Waals surface area contributed by atoms with E-state index in [1.54, 1.807) is 17.9 Å². The van der Waals surface area contributed by atoms with Crippen LogP contribution >= 0.6 is 0 Å². The van der Waals surface area contributed by atoms with Gasteiger partial charge in [-0.05, 0) is 38.0 Å². The van der Waals surface area contributed by atoms with Crippen molar-refractivity contribution in [1.82, 2.24) is 19.6 Å². The SMILES string of the molecule is CCOC(=O)N1CCC(NS(=O)(=O)c2ccc3[nH]c(=O)[nH]c3c2)CC1. The lowest BCUT2D eigenvalue weighted by Gasteiger charge is -2.31. The molecule has 0 radical (unpaired) electrons. The molecule has 0 saturated carbocycles. The van der Waals surface area contributed by atoms with Gasteiger partial charge in [-0.1, -0.05) is 0 Å². The van der Waals surface area contributed by atoms with Crippen LogP contribution in [0.25, 0.3) is 11.0 Å². The zero-order chi connectivity index (χ0) is 18.0. The van der Waals surface area contributed by atoms with Crippen LogP contribution < -0.4 is 10.4 Å². The molecule has 0 spiro atoms. The predicted octanol–water partition coefficient (Wildman–Crippen LogP) is 0.755. The second kappa shape index (κ2) is 6.89. The van der Waals surface area contributed by atoms with E-state index in [0.29, 0.717) is 43.6 Å². The lowest BCUT2D eigenvalue weighted by molar-refractivity contribution is 0.0966. The van der Waals surface area contributed by atoms with Crippen LogP contribution in [0.1, 0.15) is 19.8 Å². The molecule has 9 nitrogen and oxygen atoms in total. The van der Waals surface area contributed by atoms with Crippen molar-refractivity contribution in [3.63, 3.8) is 0 Å². The van der Waals surface area contributed by atoms with E-state index in [4.69, 9.17) is 4.74 Å². The second-order valence-corrected chi connectivity index (χ2v) is 7.58. The average Bonchev–Trinajstić information content (AvgIpc) is 2.94. The van der Waals surface area contributed by atoms with Gasteiger partial charge in [-0.15, -0.1) is 0 Å². The number of rotatable bonds is 4. The number of ether oxygens (including phenoxy) is 1. The first-order valence-corrected chi connectivity index (χ1v) is 9.53. The van der Waals surface area contributed by atoms with E-state index in [0.717, 1.165) is 0 Å². The molecule has 3 N–H and O–H groups in total. The van der Waals surface area contributed by atoms with E-state index in [2.05, 4.69) is 14.7 Å². The fourth-order valence-electron chi connectivity index (χ4n) is 2.86. The van der Waals surface area contributed by atoms with Crippen LogP contribution in [0.3, 0.4) is 0 Å². The maximum atomic E-state index is 12.6. The van der Waals surface area contributed by atoms with Crippen molar-refractivity contribution in [2.45, 2.75) is 30.7 Å². The van der Waals surface area contributed by atoms with Gasteiger partial charge in [0.25, 0.3) is 0 Å². The lowest BCUT2D eigenvalue weighted by atomic mass is 10.1. The van der Waals surface area contributed by atoms with Crippen LogP contribution in [0.4, 0.5) is 4.79 Å². The standard InChI is InChI=1S/C15H20N4O5S/c1-2-24-15(21)19-7-5-10(6-8-19)18-25(22,23)11-3-4-12-13(9-11)17-14(20)16-12/h3-4,9-10,18H,2,5-8H2,1H3,(H2,16,17,20). The maximum Gasteiger partial charge on any atom is 0.409 e. The van der Waals surface area contributed by atoms with Crippen molar-refractivity contribution in [3.8, 4) is 0 Å². The highest BCUT2D eigenvalue weighted by molar-refractivity contribution is 7.89. The fraction of sp³-hybridized carbons (Fsp3) is 0.467. The number of aromatic amines is 2. The molecule has 0 atom stereocenters. The van der Waals surface area contributed by atoms with Gasteiger partial charge in [-0.25, -0.2) is 22.7 Å². The summed E-state index contributed by atoms with van der Waals surface area (Å²) in [7, 11) is -3.71. The van der Waals surface area contributed by atoms with Gasteiger partial charge in [-0.2, -0.15) is 0 Å². The molecule has 3 rings (SSSR count). The smallest absolute Gasteiger partial charge is 0.409 e. The van der Waals surface area contributed by atoms with E-state index in [1.807, 2.05) is 0 Å². The minimum Gasteiger partial charge on any atom is -0.450 e. The normalized spacial score (nSPS) is 16.3. The number of likely N-dealkylation sites (tertiary alicyclic amines) is 1. The first kappa shape index (κ1) is 17.5. The molecular weight excluding hydrogens is 348 g/mol. The van der Waals surface area contributed by atoms with Crippen LogP contribution in [-0.2, 0) is 14.8 Å². The molecule has 1 aromatic heterocycles. The van der Waals surface area contributed by atoms with Gasteiger partial charge in [0, 0.05) is 19.1 Å². The van der Waals surface area contributed by atoms with Gasteiger partial charge < -0.3 is 19.6 Å². The first-order chi connectivity index (χ1) is 11.9. The number of piperidine rings is 1. The van der Waals surface area contributed by atoms with E-state index in [9.17, 15) is 18.0 Å². The highest BCUT2D eigenvalue weighted by Gasteiger charge is 2.27. The molecule has 1 aromatic carbocycles. The van der Waals surface area contributed by atoms with Crippen molar-refractivity contribution in [2.24, 2.45) is 0 Å². The molecule has 0 aliphatic carbocycles. The van der Waals surface area contributed by atoms with Gasteiger partial charge in [0.15, 0.2) is 0 Å². The summed E-state index contributed by atoms with van der Waals surface area (Å²) in [5, 5.41) is 0. The predicted molar refractivity (Wildman–Crippen MR) is 90.9 cm³/mol. The summed E-state index contributed by atoms with van der Waals surface area (Å²) in [6, 6.07) is 4.16. The number of fused-ring (bicyclic) bond motifs is 1. The average molecular weight is 368 g/mol. The summed E-state index contributed by atoms with van der Waals surface area (Å²) in [6.45, 7) is 2.94. The van der Waals surface area contributed by atoms with Crippen molar-refractivity contribution in [1.29, 1.82) is 0 Å². The van der Waals surface area contributed by atoms with Crippen molar-refractivity contribution in [2.75, 3.05) is 19.7 Å². The van der Waals surface area contributed by atoms with Crippen molar-refractivity contribution < 1.29 is 17.9 Å². The number of benzene rings is 1. The summed E-state index contributed by atoms with van der Waals surface area (Å²) in [5.41, 5.74) is 0.598. The van der Waals surface area contributed by atoms with Gasteiger partial charge >= 0.3 is 11.8 Å². The van der Waals surface area contributed by atoms with Gasteiger partial charge in [0.05, 0.1) is 22.5 Å². The minimum absolute atomic E-state index is 0.0862. The molecule has 2 aromatic rings. The van der Waals surface area contributed by atoms with E-state index < -0.39 is 10.0 Å². The molecule has 10 heteroatoms. The summed E-state index contributed by atoms with van der Waals surface area (Å²) in [6.07, 6.45) is 0.661. The molecule has 0 bridgehead atoms. The summed E-state index contributed by atoms with van der Waals surface area (Å²) in [5.74, 6) is 0. The lowest BCUT2D eigenvalue weighted by Crippen LogP contribution is -2.46. The topological polar surface area (TPSA) is 124 Å². The number of hydrogen-bond donors (Lipinski definition) is 3. The Morgan fingerprint density at radius 2 is 1.96 bits per heavy atom. The molecule has 0 unspecified atom stereocenters. The monoisotopic (exact) mass is 368 g/mol. The third-order valence-corrected chi connectivity index (χ3v) is 5.66. The van der Waals surface area contributed by atoms with Crippen molar-refractivity contribution >= 4 is 27.1 Å². The summed E-state index contributed by atoms with van der Waals surface area (Å²) >= 11 is 0. The number of nitrogens with one attached hydrogen (secondary N) is 3. The first-order valence-electron chi connectivity index (χ1n) is 8.05. The Labute approximate surface area is 144 Å². The highest BCUT2D eigenvalue weighted by Crippen LogP contribution is 2.18. The second-order valence-electron chi connectivity index (χ2n) is 5.87. The van der Waals surface area contributed by atoms with Crippen LogP contribution in [0.15, 0.2) is 27.9 Å². The Morgan fingerprint density at radius 1 is 1.28 bits per heavy atom. The summed E-state index contributed by atoms with van der Waals surface area (Å²) < 4.78 is 32.7. The Balaban J connectivity index is 1.67. The van der Waals surface area contributed by atoms with Crippen LogP contribution in [-0.4, -0.2) is 55.1 Å². The van der Waals surface area contributed by atoms with Crippen LogP contribution in [0.2, 0.25) is 0 Å². The molecule has 25 heavy (non-hydrogen) atoms. The van der Waals surface area contributed by atoms with Crippen molar-refractivity contribution in [3.05, 3.63) is 28.7 Å². The zero-order valence-electron chi connectivity index (χ0n) is 13.7. The molecule has 1 saturated heterocycles. The molecular formula is C15H20N4O5S. The molecule has 1 aliphatic heterocycles. The van der Waals surface area contributed by atoms with E-state index in [1.165, 1.54) is 12.1 Å². The number of aromatic nitrogens is 2. The fourth-order valence-corrected chi connectivity index (χ4v) is 4.19.